The van der Waals surface area contributed by atoms with Crippen LogP contribution >= 0.6 is 11.3 Å². The zero-order chi connectivity index (χ0) is 25.7. The van der Waals surface area contributed by atoms with Crippen molar-refractivity contribution in [1.82, 2.24) is 30.1 Å². The highest BCUT2D eigenvalue weighted by Gasteiger charge is 2.21. The minimum Gasteiger partial charge on any atom is -0.382 e. The molecule has 7 nitrogen and oxygen atoms in total. The molecule has 0 fully saturated rings. The number of hydrogen-bond donors (Lipinski definition) is 3. The van der Waals surface area contributed by atoms with Crippen LogP contribution in [0.5, 0.6) is 0 Å². The molecular formula is C28H24FN7S. The summed E-state index contributed by atoms with van der Waals surface area (Å²) in [5.74, 6) is 0.0875. The molecule has 0 saturated heterocycles. The van der Waals surface area contributed by atoms with Gasteiger partial charge in [0.25, 0.3) is 0 Å². The van der Waals surface area contributed by atoms with Crippen LogP contribution in [0.1, 0.15) is 25.6 Å². The van der Waals surface area contributed by atoms with Gasteiger partial charge in [-0.2, -0.15) is 5.10 Å². The molecule has 9 heteroatoms. The highest BCUT2D eigenvalue weighted by atomic mass is 32.1. The third kappa shape index (κ3) is 4.07. The van der Waals surface area contributed by atoms with E-state index in [0.717, 1.165) is 32.2 Å². The maximum atomic E-state index is 16.0. The standard InChI is InChI=1S/C28H24FN7S/c1-14(2)21-7-8-22(37-21)26-25-20(9-10-31-26)33-28(34-25)27-23-19(35-36-27)6-5-18(24(23)29)16-11-17(13-30-12-16)32-15(3)4/h5-13,15,32H,1H2,2-4H3,(H,33,34)(H,35,36). The van der Waals surface area contributed by atoms with Crippen LogP contribution in [0.3, 0.4) is 0 Å². The summed E-state index contributed by atoms with van der Waals surface area (Å²) in [6.07, 6.45) is 5.14. The molecule has 0 spiro atoms. The smallest absolute Gasteiger partial charge is 0.159 e. The molecule has 0 radical (unpaired) electrons. The number of fused-ring (bicyclic) bond motifs is 2. The van der Waals surface area contributed by atoms with Gasteiger partial charge in [-0.25, -0.2) is 9.37 Å². The summed E-state index contributed by atoms with van der Waals surface area (Å²) in [5.41, 5.74) is 6.23. The lowest BCUT2D eigenvalue weighted by Crippen LogP contribution is -2.09. The molecule has 6 rings (SSSR count). The Morgan fingerprint density at radius 3 is 2.73 bits per heavy atom. The number of H-pyrrole nitrogens is 2. The number of benzene rings is 1. The SMILES string of the molecule is C=C(C)c1ccc(-c2nccc3[nH]c(-c4n[nH]c5ccc(-c6cncc(NC(C)C)c6)c(F)c45)nc23)s1. The van der Waals surface area contributed by atoms with E-state index in [9.17, 15) is 0 Å². The van der Waals surface area contributed by atoms with Crippen molar-refractivity contribution in [3.05, 3.63) is 72.3 Å². The van der Waals surface area contributed by atoms with E-state index in [0.29, 0.717) is 39.1 Å². The van der Waals surface area contributed by atoms with E-state index in [4.69, 9.17) is 4.98 Å². The van der Waals surface area contributed by atoms with Crippen LogP contribution in [-0.4, -0.2) is 36.2 Å². The van der Waals surface area contributed by atoms with Gasteiger partial charge < -0.3 is 10.3 Å². The molecule has 0 amide bonds. The molecule has 3 N–H and O–H groups in total. The van der Waals surface area contributed by atoms with E-state index in [1.54, 1.807) is 36.0 Å². The molecular weight excluding hydrogens is 485 g/mol. The molecule has 0 saturated carbocycles. The molecule has 0 atom stereocenters. The number of allylic oxidation sites excluding steroid dienone is 1. The van der Waals surface area contributed by atoms with Gasteiger partial charge in [0.15, 0.2) is 5.82 Å². The van der Waals surface area contributed by atoms with Crippen LogP contribution < -0.4 is 5.32 Å². The Morgan fingerprint density at radius 1 is 1.08 bits per heavy atom. The molecule has 5 heterocycles. The number of nitrogens with zero attached hydrogens (tertiary/aromatic N) is 4. The number of imidazole rings is 1. The summed E-state index contributed by atoms with van der Waals surface area (Å²) in [5, 5.41) is 11.1. The minimum absolute atomic E-state index is 0.235. The Bertz CT molecular complexity index is 1790. The fourth-order valence-electron chi connectivity index (χ4n) is 4.39. The summed E-state index contributed by atoms with van der Waals surface area (Å²) in [7, 11) is 0. The van der Waals surface area contributed by atoms with Crippen LogP contribution in [-0.2, 0) is 0 Å². The minimum atomic E-state index is -0.382. The van der Waals surface area contributed by atoms with Gasteiger partial charge in [-0.15, -0.1) is 11.3 Å². The summed E-state index contributed by atoms with van der Waals surface area (Å²) in [4.78, 5) is 19.1. The maximum Gasteiger partial charge on any atom is 0.159 e. The third-order valence-corrected chi connectivity index (χ3v) is 7.31. The second-order valence-electron chi connectivity index (χ2n) is 9.27. The quantitative estimate of drug-likeness (QED) is 0.219. The van der Waals surface area contributed by atoms with Gasteiger partial charge in [0, 0.05) is 40.6 Å². The van der Waals surface area contributed by atoms with E-state index in [1.165, 1.54) is 0 Å². The zero-order valence-electron chi connectivity index (χ0n) is 20.6. The number of halogens is 1. The van der Waals surface area contributed by atoms with Crippen molar-refractivity contribution in [2.75, 3.05) is 5.32 Å². The van der Waals surface area contributed by atoms with Gasteiger partial charge in [-0.3, -0.25) is 15.1 Å². The zero-order valence-corrected chi connectivity index (χ0v) is 21.4. The molecule has 6 aromatic rings. The molecule has 0 aliphatic carbocycles. The Labute approximate surface area is 216 Å². The largest absolute Gasteiger partial charge is 0.382 e. The molecule has 1 aromatic carbocycles. The van der Waals surface area contributed by atoms with E-state index in [2.05, 4.69) is 37.0 Å². The van der Waals surface area contributed by atoms with Crippen molar-refractivity contribution in [3.63, 3.8) is 0 Å². The number of thiophene rings is 1. The van der Waals surface area contributed by atoms with Crippen molar-refractivity contribution in [3.8, 4) is 33.2 Å². The first-order valence-electron chi connectivity index (χ1n) is 11.9. The predicted molar refractivity (Wildman–Crippen MR) is 149 cm³/mol. The lowest BCUT2D eigenvalue weighted by molar-refractivity contribution is 0.643. The van der Waals surface area contributed by atoms with Crippen molar-refractivity contribution in [1.29, 1.82) is 0 Å². The van der Waals surface area contributed by atoms with Crippen LogP contribution in [0.15, 0.2) is 61.6 Å². The highest BCUT2D eigenvalue weighted by molar-refractivity contribution is 7.16. The molecule has 0 unspecified atom stereocenters. The van der Waals surface area contributed by atoms with Crippen molar-refractivity contribution in [2.45, 2.75) is 26.8 Å². The van der Waals surface area contributed by atoms with Crippen LogP contribution in [0.4, 0.5) is 10.1 Å². The average Bonchev–Trinajstić information content (AvgIpc) is 3.61. The van der Waals surface area contributed by atoms with E-state index in [1.807, 2.05) is 51.1 Å². The van der Waals surface area contributed by atoms with E-state index in [-0.39, 0.29) is 11.9 Å². The van der Waals surface area contributed by atoms with Crippen LogP contribution in [0.25, 0.3) is 60.7 Å². The van der Waals surface area contributed by atoms with Crippen molar-refractivity contribution >= 4 is 44.5 Å². The van der Waals surface area contributed by atoms with E-state index >= 15 is 4.39 Å². The first-order chi connectivity index (χ1) is 17.9. The van der Waals surface area contributed by atoms with Gasteiger partial charge in [-0.05, 0) is 62.7 Å². The van der Waals surface area contributed by atoms with Gasteiger partial charge in [0.1, 0.15) is 22.7 Å². The molecule has 5 aromatic heterocycles. The number of aromatic amines is 2. The summed E-state index contributed by atoms with van der Waals surface area (Å²) in [6, 6.07) is 11.6. The molecule has 0 bridgehead atoms. The Hall–Kier alpha value is -4.37. The topological polar surface area (TPSA) is 95.2 Å². The molecule has 37 heavy (non-hydrogen) atoms. The number of hydrogen-bond acceptors (Lipinski definition) is 6. The summed E-state index contributed by atoms with van der Waals surface area (Å²) in [6.45, 7) is 10.1. The summed E-state index contributed by atoms with van der Waals surface area (Å²) >= 11 is 1.62. The van der Waals surface area contributed by atoms with Crippen LogP contribution in [0, 0.1) is 5.82 Å². The first kappa shape index (κ1) is 23.1. The second kappa shape index (κ2) is 8.94. The fraction of sp³-hybridized carbons (Fsp3) is 0.143. The van der Waals surface area contributed by atoms with Crippen LogP contribution in [0.2, 0.25) is 0 Å². The number of aromatic nitrogens is 6. The lowest BCUT2D eigenvalue weighted by Gasteiger charge is -2.11. The fourth-order valence-corrected chi connectivity index (χ4v) is 5.32. The Balaban J connectivity index is 1.47. The molecule has 0 aliphatic heterocycles. The van der Waals surface area contributed by atoms with Crippen molar-refractivity contribution in [2.24, 2.45) is 0 Å². The van der Waals surface area contributed by atoms with E-state index < -0.39 is 0 Å². The monoisotopic (exact) mass is 509 g/mol. The Kier molecular flexibility index (Phi) is 5.57. The second-order valence-corrected chi connectivity index (χ2v) is 10.4. The summed E-state index contributed by atoms with van der Waals surface area (Å²) < 4.78 is 16.0. The normalized spacial score (nSPS) is 11.6. The van der Waals surface area contributed by atoms with Gasteiger partial charge >= 0.3 is 0 Å². The maximum absolute atomic E-state index is 16.0. The molecule has 184 valence electrons. The first-order valence-corrected chi connectivity index (χ1v) is 12.7. The lowest BCUT2D eigenvalue weighted by atomic mass is 10.0. The number of anilines is 1. The third-order valence-electron chi connectivity index (χ3n) is 6.06. The van der Waals surface area contributed by atoms with Gasteiger partial charge in [-0.1, -0.05) is 6.58 Å². The Morgan fingerprint density at radius 2 is 1.95 bits per heavy atom. The average molecular weight is 510 g/mol. The highest BCUT2D eigenvalue weighted by Crippen LogP contribution is 2.37. The predicted octanol–water partition coefficient (Wildman–Crippen LogP) is 7.28. The van der Waals surface area contributed by atoms with Gasteiger partial charge in [0.2, 0.25) is 0 Å². The molecule has 0 aliphatic rings. The number of pyridine rings is 2. The number of rotatable bonds is 6. The van der Waals surface area contributed by atoms with Crippen molar-refractivity contribution < 1.29 is 4.39 Å². The van der Waals surface area contributed by atoms with Gasteiger partial charge in [0.05, 0.1) is 27.0 Å². The number of nitrogens with one attached hydrogen (secondary N) is 3.